The van der Waals surface area contributed by atoms with Gasteiger partial charge in [0.2, 0.25) is 0 Å². The molecule has 9 rings (SSSR count). The first-order chi connectivity index (χ1) is 31.7. The van der Waals surface area contributed by atoms with Gasteiger partial charge in [-0.25, -0.2) is 9.98 Å². The number of aliphatic imine (C=N–C) groups is 2. The molecule has 2 atom stereocenters. The SMILES string of the molecule is C=Cc1ccccc1SCC=NC(=NC(=N)c1ccc(C2=C(c3ccccc3)C(c3ccccc3)C(c3ccccc3)C=C2c2ccccc2)cc1)c1ccccc1-c1ccccc1. The minimum Gasteiger partial charge on any atom is -0.282 e. The van der Waals surface area contributed by atoms with Crippen LogP contribution in [0.4, 0.5) is 0 Å². The van der Waals surface area contributed by atoms with E-state index in [2.05, 4.69) is 176 Å². The third-order valence-electron chi connectivity index (χ3n) is 11.7. The number of hydrogen-bond acceptors (Lipinski definition) is 2. The highest BCUT2D eigenvalue weighted by Crippen LogP contribution is 2.54. The van der Waals surface area contributed by atoms with Crippen molar-refractivity contribution >= 4 is 52.4 Å². The molecule has 0 amide bonds. The topological polar surface area (TPSA) is 48.6 Å². The Bertz CT molecular complexity index is 2990. The van der Waals surface area contributed by atoms with E-state index in [1.165, 1.54) is 33.4 Å². The van der Waals surface area contributed by atoms with E-state index in [1.54, 1.807) is 11.8 Å². The fourth-order valence-electron chi connectivity index (χ4n) is 8.65. The van der Waals surface area contributed by atoms with Gasteiger partial charge in [-0.05, 0) is 67.3 Å². The van der Waals surface area contributed by atoms with Gasteiger partial charge < -0.3 is 0 Å². The van der Waals surface area contributed by atoms with Crippen molar-refractivity contribution in [3.63, 3.8) is 0 Å². The average Bonchev–Trinajstić information content (AvgIpc) is 3.38. The first-order valence-corrected chi connectivity index (χ1v) is 22.6. The zero-order valence-corrected chi connectivity index (χ0v) is 36.3. The zero-order valence-electron chi connectivity index (χ0n) is 35.5. The van der Waals surface area contributed by atoms with Crippen molar-refractivity contribution in [3.8, 4) is 11.1 Å². The first-order valence-electron chi connectivity index (χ1n) is 21.6. The van der Waals surface area contributed by atoms with Crippen LogP contribution in [0.1, 0.15) is 56.3 Å². The predicted molar refractivity (Wildman–Crippen MR) is 273 cm³/mol. The van der Waals surface area contributed by atoms with Gasteiger partial charge in [-0.15, -0.1) is 11.8 Å². The van der Waals surface area contributed by atoms with Gasteiger partial charge in [-0.2, -0.15) is 0 Å². The molecule has 0 saturated carbocycles. The van der Waals surface area contributed by atoms with Crippen molar-refractivity contribution in [2.24, 2.45) is 9.98 Å². The minimum atomic E-state index is 0.0320. The van der Waals surface area contributed by atoms with Gasteiger partial charge >= 0.3 is 0 Å². The van der Waals surface area contributed by atoms with Crippen LogP contribution >= 0.6 is 11.8 Å². The Morgan fingerprint density at radius 2 is 1.09 bits per heavy atom. The lowest BCUT2D eigenvalue weighted by molar-refractivity contribution is 0.750. The number of rotatable bonds is 12. The molecule has 1 aliphatic carbocycles. The lowest BCUT2D eigenvalue weighted by Crippen LogP contribution is -2.18. The second-order valence-electron chi connectivity index (χ2n) is 15.6. The van der Waals surface area contributed by atoms with Crippen LogP contribution in [-0.4, -0.2) is 23.6 Å². The van der Waals surface area contributed by atoms with Crippen LogP contribution < -0.4 is 0 Å². The summed E-state index contributed by atoms with van der Waals surface area (Å²) in [6, 6.07) is 78.5. The van der Waals surface area contributed by atoms with E-state index in [1.807, 2.05) is 73.0 Å². The number of hydrogen-bond donors (Lipinski definition) is 1. The van der Waals surface area contributed by atoms with Crippen LogP contribution in [0.5, 0.6) is 0 Å². The summed E-state index contributed by atoms with van der Waals surface area (Å²) in [7, 11) is 0. The summed E-state index contributed by atoms with van der Waals surface area (Å²) in [6.45, 7) is 3.99. The van der Waals surface area contributed by atoms with Crippen LogP contribution in [0.3, 0.4) is 0 Å². The molecule has 8 aromatic carbocycles. The molecule has 308 valence electrons. The number of thioether (sulfide) groups is 1. The predicted octanol–water partition coefficient (Wildman–Crippen LogP) is 15.2. The van der Waals surface area contributed by atoms with Crippen LogP contribution in [0.15, 0.2) is 252 Å². The number of amidine groups is 2. The molecule has 0 aliphatic heterocycles. The molecule has 0 spiro atoms. The Balaban J connectivity index is 1.15. The van der Waals surface area contributed by atoms with Crippen LogP contribution in [0.25, 0.3) is 33.9 Å². The highest BCUT2D eigenvalue weighted by atomic mass is 32.2. The molecule has 0 fully saturated rings. The molecule has 4 heteroatoms. The molecule has 2 unspecified atom stereocenters. The number of nitrogens with one attached hydrogen (secondary N) is 1. The Kier molecular flexibility index (Phi) is 13.0. The Hall–Kier alpha value is -7.66. The largest absolute Gasteiger partial charge is 0.282 e. The van der Waals surface area contributed by atoms with Gasteiger partial charge in [-0.3, -0.25) is 5.41 Å². The highest BCUT2D eigenvalue weighted by Gasteiger charge is 2.35. The summed E-state index contributed by atoms with van der Waals surface area (Å²) in [6.07, 6.45) is 6.25. The van der Waals surface area contributed by atoms with Crippen molar-refractivity contribution in [1.82, 2.24) is 0 Å². The molecular weight excluding hydrogens is 795 g/mol. The minimum absolute atomic E-state index is 0.0320. The summed E-state index contributed by atoms with van der Waals surface area (Å²) in [5.74, 6) is 1.36. The van der Waals surface area contributed by atoms with Gasteiger partial charge in [0.15, 0.2) is 11.7 Å². The summed E-state index contributed by atoms with van der Waals surface area (Å²) in [4.78, 5) is 11.1. The third kappa shape index (κ3) is 9.24. The van der Waals surface area contributed by atoms with Crippen LogP contribution in [-0.2, 0) is 0 Å². The molecule has 8 aromatic rings. The monoisotopic (exact) mass is 841 g/mol. The lowest BCUT2D eigenvalue weighted by Gasteiger charge is -2.36. The normalized spacial score (nSPS) is 15.2. The van der Waals surface area contributed by atoms with E-state index in [4.69, 9.17) is 9.98 Å². The van der Waals surface area contributed by atoms with E-state index < -0.39 is 0 Å². The maximum Gasteiger partial charge on any atom is 0.161 e. The van der Waals surface area contributed by atoms with Gasteiger partial charge in [0.25, 0.3) is 0 Å². The van der Waals surface area contributed by atoms with Crippen molar-refractivity contribution in [2.45, 2.75) is 16.7 Å². The average molecular weight is 842 g/mol. The van der Waals surface area contributed by atoms with Crippen molar-refractivity contribution in [3.05, 3.63) is 282 Å². The lowest BCUT2D eigenvalue weighted by atomic mass is 9.66. The van der Waals surface area contributed by atoms with Gasteiger partial charge in [0.05, 0.1) is 0 Å². The van der Waals surface area contributed by atoms with Gasteiger partial charge in [0.1, 0.15) is 0 Å². The second-order valence-corrected chi connectivity index (χ2v) is 16.6. The fraction of sp³-hybridized carbons (Fsp3) is 0.0500. The second kappa shape index (κ2) is 20.0. The standard InChI is InChI=1S/C60H47N3S/c1-2-43-22-18-21-35-55(43)64-41-40-62-60(52-34-20-19-33-51(52)44-23-8-3-9-24-44)63-59(61)50-38-36-49(37-39-50)57-54(46-27-12-5-13-28-46)42-53(45-25-10-4-11-26-45)56(47-29-14-6-15-30-47)58(57)48-31-16-7-17-32-48/h2-40,42,53,56,61H,1,41H2. The molecule has 0 saturated heterocycles. The Morgan fingerprint density at radius 1 is 0.547 bits per heavy atom. The van der Waals surface area contributed by atoms with E-state index in [9.17, 15) is 5.41 Å². The summed E-state index contributed by atoms with van der Waals surface area (Å²) >= 11 is 1.70. The molecule has 0 heterocycles. The van der Waals surface area contributed by atoms with E-state index >= 15 is 0 Å². The van der Waals surface area contributed by atoms with E-state index in [0.717, 1.165) is 38.3 Å². The van der Waals surface area contributed by atoms with Crippen molar-refractivity contribution in [2.75, 3.05) is 5.75 Å². The first kappa shape index (κ1) is 41.7. The fourth-order valence-corrected chi connectivity index (χ4v) is 9.47. The number of nitrogens with zero attached hydrogens (tertiary/aromatic N) is 2. The molecule has 0 aromatic heterocycles. The molecular formula is C60H47N3S. The van der Waals surface area contributed by atoms with Crippen molar-refractivity contribution < 1.29 is 0 Å². The molecule has 1 aliphatic rings. The Morgan fingerprint density at radius 3 is 1.75 bits per heavy atom. The summed E-state index contributed by atoms with van der Waals surface area (Å²) in [5, 5.41) is 9.48. The highest BCUT2D eigenvalue weighted by molar-refractivity contribution is 8.00. The maximum atomic E-state index is 9.48. The van der Waals surface area contributed by atoms with Crippen molar-refractivity contribution in [1.29, 1.82) is 5.41 Å². The number of allylic oxidation sites excluding steroid dienone is 4. The summed E-state index contributed by atoms with van der Waals surface area (Å²) < 4.78 is 0. The zero-order chi connectivity index (χ0) is 43.5. The Labute approximate surface area is 381 Å². The quantitative estimate of drug-likeness (QED) is 0.0743. The van der Waals surface area contributed by atoms with E-state index in [-0.39, 0.29) is 17.7 Å². The smallest absolute Gasteiger partial charge is 0.161 e. The van der Waals surface area contributed by atoms with Gasteiger partial charge in [-0.1, -0.05) is 237 Å². The third-order valence-corrected chi connectivity index (χ3v) is 12.6. The van der Waals surface area contributed by atoms with Crippen LogP contribution in [0, 0.1) is 5.41 Å². The molecule has 0 radical (unpaired) electrons. The van der Waals surface area contributed by atoms with E-state index in [0.29, 0.717) is 17.2 Å². The molecule has 0 bridgehead atoms. The molecule has 1 N–H and O–H groups in total. The van der Waals surface area contributed by atoms with Gasteiger partial charge in [0, 0.05) is 39.8 Å². The number of benzene rings is 8. The summed E-state index contributed by atoms with van der Waals surface area (Å²) in [5.41, 5.74) is 14.3. The molecule has 64 heavy (non-hydrogen) atoms. The molecule has 3 nitrogen and oxygen atoms in total. The van der Waals surface area contributed by atoms with Crippen LogP contribution in [0.2, 0.25) is 0 Å². The maximum absolute atomic E-state index is 9.48.